The topological polar surface area (TPSA) is 18.5 Å². The normalized spacial score (nSPS) is 26.1. The summed E-state index contributed by atoms with van der Waals surface area (Å²) in [5.74, 6) is 1.63. The molecule has 148 valence electrons. The summed E-state index contributed by atoms with van der Waals surface area (Å²) in [5.41, 5.74) is 3.75. The summed E-state index contributed by atoms with van der Waals surface area (Å²) in [6.45, 7) is 4.69. The van der Waals surface area contributed by atoms with E-state index in [0.717, 1.165) is 22.6 Å². The van der Waals surface area contributed by atoms with Crippen LogP contribution in [0.25, 0.3) is 0 Å². The molecule has 0 spiro atoms. The molecule has 0 N–H and O–H groups in total. The molecular weight excluding hydrogens is 403 g/mol. The molecule has 4 heteroatoms. The first-order valence-electron chi connectivity index (χ1n) is 9.94. The van der Waals surface area contributed by atoms with E-state index in [1.807, 2.05) is 49.4 Å². The van der Waals surface area contributed by atoms with Crippen molar-refractivity contribution in [1.29, 1.82) is 0 Å². The van der Waals surface area contributed by atoms with Gasteiger partial charge in [-0.25, -0.2) is 0 Å². The minimum absolute atomic E-state index is 0.0575. The van der Waals surface area contributed by atoms with Crippen LogP contribution in [0.1, 0.15) is 35.1 Å². The second-order valence-electron chi connectivity index (χ2n) is 7.82. The predicted molar refractivity (Wildman–Crippen MR) is 117 cm³/mol. The van der Waals surface area contributed by atoms with Crippen molar-refractivity contribution in [2.24, 2.45) is 5.92 Å². The number of aryl methyl sites for hydroxylation is 1. The summed E-state index contributed by atoms with van der Waals surface area (Å²) < 4.78 is 11.1. The standard InChI is InChI=1S/C25H22Cl2O2/c1-3-28-19-14-12-18(13-15-19)24-23(25(24,26)27)22(17-10-8-16(2)9-11-17)20-6-4-5-7-21(20)29-24/h4-15,22-23H,3H2,1-2H3/t22-,23-,24-/m1/s1. The van der Waals surface area contributed by atoms with Gasteiger partial charge in [0.15, 0.2) is 9.93 Å². The lowest BCUT2D eigenvalue weighted by molar-refractivity contribution is 0.137. The molecule has 0 unspecified atom stereocenters. The van der Waals surface area contributed by atoms with E-state index in [2.05, 4.69) is 37.3 Å². The van der Waals surface area contributed by atoms with Crippen LogP contribution in [0.15, 0.2) is 72.8 Å². The van der Waals surface area contributed by atoms with Crippen LogP contribution in [0.3, 0.4) is 0 Å². The third-order valence-electron chi connectivity index (χ3n) is 6.13. The highest BCUT2D eigenvalue weighted by atomic mass is 35.5. The molecule has 0 aromatic heterocycles. The van der Waals surface area contributed by atoms with Crippen LogP contribution in [-0.2, 0) is 5.60 Å². The highest BCUT2D eigenvalue weighted by Gasteiger charge is 2.83. The van der Waals surface area contributed by atoms with Gasteiger partial charge in [0.25, 0.3) is 0 Å². The van der Waals surface area contributed by atoms with Crippen LogP contribution in [0.4, 0.5) is 0 Å². The van der Waals surface area contributed by atoms with E-state index < -0.39 is 9.93 Å². The van der Waals surface area contributed by atoms with Crippen molar-refractivity contribution in [3.05, 3.63) is 95.1 Å². The quantitative estimate of drug-likeness (QED) is 0.438. The zero-order valence-corrected chi connectivity index (χ0v) is 17.9. The number of ether oxygens (including phenoxy) is 2. The average molecular weight is 425 g/mol. The lowest BCUT2D eigenvalue weighted by Gasteiger charge is -2.32. The summed E-state index contributed by atoms with van der Waals surface area (Å²) >= 11 is 14.0. The highest BCUT2D eigenvalue weighted by molar-refractivity contribution is 6.52. The van der Waals surface area contributed by atoms with Gasteiger partial charge in [-0.2, -0.15) is 0 Å². The molecule has 2 aliphatic rings. The summed E-state index contributed by atoms with van der Waals surface area (Å²) in [4.78, 5) is 0. The summed E-state index contributed by atoms with van der Waals surface area (Å²) in [6.07, 6.45) is 0. The Morgan fingerprint density at radius 1 is 0.931 bits per heavy atom. The highest BCUT2D eigenvalue weighted by Crippen LogP contribution is 2.77. The fourth-order valence-corrected chi connectivity index (χ4v) is 5.69. The molecule has 3 aromatic carbocycles. The first-order valence-corrected chi connectivity index (χ1v) is 10.7. The van der Waals surface area contributed by atoms with Crippen LogP contribution in [0.2, 0.25) is 0 Å². The van der Waals surface area contributed by atoms with Gasteiger partial charge in [-0.05, 0) is 43.2 Å². The lowest BCUT2D eigenvalue weighted by atomic mass is 9.82. The van der Waals surface area contributed by atoms with Crippen molar-refractivity contribution in [3.8, 4) is 11.5 Å². The number of benzene rings is 3. The van der Waals surface area contributed by atoms with Gasteiger partial charge < -0.3 is 9.47 Å². The number of hydrogen-bond donors (Lipinski definition) is 0. The third kappa shape index (κ3) is 2.69. The fourth-order valence-electron chi connectivity index (χ4n) is 4.71. The van der Waals surface area contributed by atoms with Crippen LogP contribution in [0.5, 0.6) is 11.5 Å². The van der Waals surface area contributed by atoms with Crippen LogP contribution < -0.4 is 9.47 Å². The summed E-state index contributed by atoms with van der Waals surface area (Å²) in [7, 11) is 0. The molecule has 29 heavy (non-hydrogen) atoms. The molecule has 0 radical (unpaired) electrons. The van der Waals surface area contributed by atoms with E-state index in [1.165, 1.54) is 11.1 Å². The smallest absolute Gasteiger partial charge is 0.174 e. The molecule has 0 saturated heterocycles. The number of hydrogen-bond acceptors (Lipinski definition) is 2. The van der Waals surface area contributed by atoms with E-state index in [1.54, 1.807) is 0 Å². The van der Waals surface area contributed by atoms with Crippen LogP contribution >= 0.6 is 23.2 Å². The Bertz CT molecular complexity index is 1040. The molecular formula is C25H22Cl2O2. The van der Waals surface area contributed by atoms with Crippen LogP contribution in [-0.4, -0.2) is 10.9 Å². The maximum Gasteiger partial charge on any atom is 0.174 e. The van der Waals surface area contributed by atoms with Gasteiger partial charge >= 0.3 is 0 Å². The molecule has 1 fully saturated rings. The number of para-hydroxylation sites is 1. The van der Waals surface area contributed by atoms with Gasteiger partial charge in [-0.1, -0.05) is 83.4 Å². The number of rotatable bonds is 4. The number of fused-ring (bicyclic) bond motifs is 2. The Morgan fingerprint density at radius 3 is 2.31 bits per heavy atom. The van der Waals surface area contributed by atoms with E-state index in [9.17, 15) is 0 Å². The molecule has 0 amide bonds. The van der Waals surface area contributed by atoms with Crippen molar-refractivity contribution in [2.45, 2.75) is 29.7 Å². The first kappa shape index (κ1) is 18.8. The Morgan fingerprint density at radius 2 is 1.62 bits per heavy atom. The maximum atomic E-state index is 6.98. The Balaban J connectivity index is 1.65. The first-order chi connectivity index (χ1) is 14.0. The molecule has 0 bridgehead atoms. The van der Waals surface area contributed by atoms with Crippen molar-refractivity contribution < 1.29 is 9.47 Å². The van der Waals surface area contributed by atoms with Crippen LogP contribution in [0, 0.1) is 12.8 Å². The van der Waals surface area contributed by atoms with Gasteiger partial charge in [-0.15, -0.1) is 0 Å². The van der Waals surface area contributed by atoms with E-state index in [0.29, 0.717) is 6.61 Å². The predicted octanol–water partition coefficient (Wildman–Crippen LogP) is 6.62. The van der Waals surface area contributed by atoms with Gasteiger partial charge in [0.2, 0.25) is 0 Å². The molecule has 2 nitrogen and oxygen atoms in total. The zero-order valence-electron chi connectivity index (χ0n) is 16.4. The van der Waals surface area contributed by atoms with Gasteiger partial charge in [-0.3, -0.25) is 0 Å². The molecule has 5 rings (SSSR count). The second-order valence-corrected chi connectivity index (χ2v) is 9.21. The largest absolute Gasteiger partial charge is 0.494 e. The fraction of sp³-hybridized carbons (Fsp3) is 0.280. The number of alkyl halides is 2. The second kappa shape index (κ2) is 6.68. The summed E-state index contributed by atoms with van der Waals surface area (Å²) in [6, 6.07) is 24.7. The lowest BCUT2D eigenvalue weighted by Crippen LogP contribution is -2.28. The molecule has 3 atom stereocenters. The minimum Gasteiger partial charge on any atom is -0.494 e. The van der Waals surface area contributed by atoms with Gasteiger partial charge in [0.1, 0.15) is 11.5 Å². The van der Waals surface area contributed by atoms with Crippen molar-refractivity contribution >= 4 is 23.2 Å². The molecule has 3 aromatic rings. The van der Waals surface area contributed by atoms with E-state index >= 15 is 0 Å². The zero-order chi connectivity index (χ0) is 20.2. The average Bonchev–Trinajstić information content (AvgIpc) is 3.23. The molecule has 1 aliphatic carbocycles. The Kier molecular flexibility index (Phi) is 4.34. The van der Waals surface area contributed by atoms with Crippen molar-refractivity contribution in [2.75, 3.05) is 6.61 Å². The Labute approximate surface area is 181 Å². The van der Waals surface area contributed by atoms with E-state index in [-0.39, 0.29) is 11.8 Å². The monoisotopic (exact) mass is 424 g/mol. The van der Waals surface area contributed by atoms with Crippen molar-refractivity contribution in [1.82, 2.24) is 0 Å². The molecule has 1 aliphatic heterocycles. The van der Waals surface area contributed by atoms with Crippen molar-refractivity contribution in [3.63, 3.8) is 0 Å². The van der Waals surface area contributed by atoms with E-state index in [4.69, 9.17) is 32.7 Å². The van der Waals surface area contributed by atoms with Gasteiger partial charge in [0.05, 0.1) is 12.5 Å². The molecule has 1 heterocycles. The van der Waals surface area contributed by atoms with Gasteiger partial charge in [0, 0.05) is 11.5 Å². The summed E-state index contributed by atoms with van der Waals surface area (Å²) in [5, 5.41) is 0. The SMILES string of the molecule is CCOc1ccc([C@@]23Oc4ccccc4[C@@H](c4ccc(C)cc4)[C@H]2C3(Cl)Cl)cc1. The third-order valence-corrected chi connectivity index (χ3v) is 7.16. The maximum absolute atomic E-state index is 6.98. The minimum atomic E-state index is -1.03. The Hall–Kier alpha value is -2.16. The molecule has 1 saturated carbocycles. The number of halogens is 2.